The zero-order valence-electron chi connectivity index (χ0n) is 21.9. The van der Waals surface area contributed by atoms with Gasteiger partial charge >= 0.3 is 18.0 Å². The number of anilines is 1. The third-order valence-corrected chi connectivity index (χ3v) is 8.18. The minimum atomic E-state index is -3.55. The van der Waals surface area contributed by atoms with Gasteiger partial charge in [-0.05, 0) is 24.8 Å². The van der Waals surface area contributed by atoms with Gasteiger partial charge in [0.1, 0.15) is 30.2 Å². The van der Waals surface area contributed by atoms with Gasteiger partial charge in [0, 0.05) is 32.1 Å². The molecule has 2 unspecified atom stereocenters. The number of primary amides is 1. The van der Waals surface area contributed by atoms with Gasteiger partial charge in [0.25, 0.3) is 0 Å². The zero-order chi connectivity index (χ0) is 28.3. The molecular weight excluding hydrogens is 544 g/mol. The number of fused-ring (bicyclic) bond motifs is 2. The SMILES string of the molecule is CC(C)(C)C1N(c2nc(OC[C@@]34CCCN3C[C@H](F)C4)nc3c(F)c(Cl)ncc23)CCC(OC(N)=O)C1(F)F. The fourth-order valence-electron chi connectivity index (χ4n) is 6.44. The highest BCUT2D eigenvalue weighted by Crippen LogP contribution is 2.47. The van der Waals surface area contributed by atoms with Crippen LogP contribution in [-0.4, -0.2) is 82.0 Å². The maximum atomic E-state index is 15.9. The van der Waals surface area contributed by atoms with Crippen molar-refractivity contribution in [2.75, 3.05) is 31.1 Å². The van der Waals surface area contributed by atoms with Crippen molar-refractivity contribution in [1.82, 2.24) is 19.9 Å². The van der Waals surface area contributed by atoms with Crippen molar-refractivity contribution in [3.8, 4) is 6.01 Å². The number of halogens is 5. The summed E-state index contributed by atoms with van der Waals surface area (Å²) in [6.45, 7) is 5.94. The molecule has 14 heteroatoms. The molecule has 4 atom stereocenters. The van der Waals surface area contributed by atoms with Crippen LogP contribution < -0.4 is 15.4 Å². The molecule has 0 saturated carbocycles. The Kier molecular flexibility index (Phi) is 6.97. The molecule has 2 aromatic heterocycles. The van der Waals surface area contributed by atoms with E-state index in [1.807, 2.05) is 4.90 Å². The summed E-state index contributed by atoms with van der Waals surface area (Å²) in [6.07, 6.45) is -1.16. The van der Waals surface area contributed by atoms with Crippen LogP contribution in [0.5, 0.6) is 6.01 Å². The Morgan fingerprint density at radius 2 is 2.03 bits per heavy atom. The summed E-state index contributed by atoms with van der Waals surface area (Å²) >= 11 is 5.93. The largest absolute Gasteiger partial charge is 0.461 e. The molecule has 3 saturated heterocycles. The van der Waals surface area contributed by atoms with Crippen molar-refractivity contribution in [2.24, 2.45) is 11.1 Å². The fraction of sp³-hybridized carbons (Fsp3) is 0.680. The van der Waals surface area contributed by atoms with E-state index in [-0.39, 0.29) is 42.3 Å². The molecule has 0 aliphatic carbocycles. The predicted molar refractivity (Wildman–Crippen MR) is 135 cm³/mol. The quantitative estimate of drug-likeness (QED) is 0.411. The third-order valence-electron chi connectivity index (χ3n) is 7.92. The molecule has 1 amide bonds. The highest BCUT2D eigenvalue weighted by atomic mass is 35.5. The number of ether oxygens (including phenoxy) is 2. The lowest BCUT2D eigenvalue weighted by atomic mass is 9.77. The molecule has 0 spiro atoms. The van der Waals surface area contributed by atoms with Gasteiger partial charge in [-0.15, -0.1) is 0 Å². The van der Waals surface area contributed by atoms with Crippen molar-refractivity contribution < 1.29 is 31.8 Å². The van der Waals surface area contributed by atoms with Crippen LogP contribution in [0.4, 0.5) is 28.2 Å². The van der Waals surface area contributed by atoms with Gasteiger partial charge in [-0.1, -0.05) is 32.4 Å². The first kappa shape index (κ1) is 27.9. The molecule has 39 heavy (non-hydrogen) atoms. The number of hydrogen-bond acceptors (Lipinski definition) is 8. The van der Waals surface area contributed by atoms with E-state index >= 15 is 13.2 Å². The molecule has 5 rings (SSSR count). The van der Waals surface area contributed by atoms with Gasteiger partial charge in [-0.2, -0.15) is 9.97 Å². The van der Waals surface area contributed by atoms with E-state index in [2.05, 4.69) is 15.0 Å². The summed E-state index contributed by atoms with van der Waals surface area (Å²) in [4.78, 5) is 27.3. The van der Waals surface area contributed by atoms with Crippen LogP contribution >= 0.6 is 11.6 Å². The van der Waals surface area contributed by atoms with E-state index in [9.17, 15) is 9.18 Å². The van der Waals surface area contributed by atoms with E-state index in [1.165, 1.54) is 11.1 Å². The van der Waals surface area contributed by atoms with Crippen molar-refractivity contribution in [3.63, 3.8) is 0 Å². The van der Waals surface area contributed by atoms with Gasteiger partial charge in [0.15, 0.2) is 17.1 Å². The van der Waals surface area contributed by atoms with Crippen LogP contribution in [-0.2, 0) is 4.74 Å². The first-order valence-electron chi connectivity index (χ1n) is 12.9. The Morgan fingerprint density at radius 1 is 1.28 bits per heavy atom. The first-order chi connectivity index (χ1) is 18.2. The number of carbonyl (C=O) groups is 1. The molecule has 5 heterocycles. The van der Waals surface area contributed by atoms with Crippen LogP contribution in [0.25, 0.3) is 10.9 Å². The van der Waals surface area contributed by atoms with Gasteiger partial charge in [-0.3, -0.25) is 4.90 Å². The van der Waals surface area contributed by atoms with E-state index in [0.29, 0.717) is 13.0 Å². The maximum Gasteiger partial charge on any atom is 0.404 e. The number of aromatic nitrogens is 3. The number of piperidine rings is 1. The summed E-state index contributed by atoms with van der Waals surface area (Å²) in [5.41, 5.74) is 3.23. The number of carbonyl (C=O) groups excluding carboxylic acids is 1. The highest BCUT2D eigenvalue weighted by Gasteiger charge is 2.59. The highest BCUT2D eigenvalue weighted by molar-refractivity contribution is 6.30. The molecule has 214 valence electrons. The molecule has 2 aromatic rings. The van der Waals surface area contributed by atoms with Gasteiger partial charge in [0.2, 0.25) is 0 Å². The molecule has 9 nitrogen and oxygen atoms in total. The molecule has 3 fully saturated rings. The number of nitrogens with two attached hydrogens (primary N) is 1. The first-order valence-corrected chi connectivity index (χ1v) is 13.2. The summed E-state index contributed by atoms with van der Waals surface area (Å²) in [5.74, 6) is -4.52. The minimum Gasteiger partial charge on any atom is -0.461 e. The molecule has 3 aliphatic rings. The Balaban J connectivity index is 1.58. The lowest BCUT2D eigenvalue weighted by molar-refractivity contribution is -0.158. The van der Waals surface area contributed by atoms with E-state index in [4.69, 9.17) is 26.8 Å². The van der Waals surface area contributed by atoms with Crippen LogP contribution in [0, 0.1) is 11.2 Å². The number of amides is 1. The molecule has 2 N–H and O–H groups in total. The molecule has 0 radical (unpaired) electrons. The second-order valence-electron chi connectivity index (χ2n) is 11.7. The van der Waals surface area contributed by atoms with E-state index < -0.39 is 52.3 Å². The Labute approximate surface area is 228 Å². The van der Waals surface area contributed by atoms with E-state index in [1.54, 1.807) is 20.8 Å². The number of pyridine rings is 1. The summed E-state index contributed by atoms with van der Waals surface area (Å²) in [7, 11) is 0. The fourth-order valence-corrected chi connectivity index (χ4v) is 6.58. The molecule has 0 bridgehead atoms. The topological polar surface area (TPSA) is 107 Å². The third kappa shape index (κ3) is 4.92. The smallest absolute Gasteiger partial charge is 0.404 e. The maximum absolute atomic E-state index is 15.9. The number of hydrogen-bond donors (Lipinski definition) is 1. The van der Waals surface area contributed by atoms with Crippen LogP contribution in [0.15, 0.2) is 6.20 Å². The Hall–Kier alpha value is -2.67. The number of rotatable bonds is 5. The van der Waals surface area contributed by atoms with Crippen molar-refractivity contribution in [2.45, 2.75) is 76.2 Å². The average Bonchev–Trinajstić information content (AvgIpc) is 3.35. The second-order valence-corrected chi connectivity index (χ2v) is 12.0. The summed E-state index contributed by atoms with van der Waals surface area (Å²) in [6, 6.07) is -1.78. The van der Waals surface area contributed by atoms with Crippen LogP contribution in [0.3, 0.4) is 0 Å². The van der Waals surface area contributed by atoms with Crippen LogP contribution in [0.1, 0.15) is 46.5 Å². The van der Waals surface area contributed by atoms with Gasteiger partial charge < -0.3 is 20.1 Å². The zero-order valence-corrected chi connectivity index (χ0v) is 22.7. The van der Waals surface area contributed by atoms with Crippen molar-refractivity contribution in [3.05, 3.63) is 17.2 Å². The predicted octanol–water partition coefficient (Wildman–Crippen LogP) is 4.50. The molecular formula is C25H31ClF4N6O3. The van der Waals surface area contributed by atoms with E-state index in [0.717, 1.165) is 19.4 Å². The van der Waals surface area contributed by atoms with Gasteiger partial charge in [-0.25, -0.2) is 27.3 Å². The summed E-state index contributed by atoms with van der Waals surface area (Å²) in [5, 5.41) is -0.380. The molecule has 0 aromatic carbocycles. The molecule has 3 aliphatic heterocycles. The summed E-state index contributed by atoms with van der Waals surface area (Å²) < 4.78 is 72.0. The lowest BCUT2D eigenvalue weighted by Crippen LogP contribution is -2.65. The Bertz CT molecular complexity index is 1280. The van der Waals surface area contributed by atoms with Crippen molar-refractivity contribution >= 4 is 34.4 Å². The van der Waals surface area contributed by atoms with Gasteiger partial charge in [0.05, 0.1) is 10.9 Å². The second kappa shape index (κ2) is 9.76. The van der Waals surface area contributed by atoms with Crippen LogP contribution in [0.2, 0.25) is 5.15 Å². The monoisotopic (exact) mass is 574 g/mol. The Morgan fingerprint density at radius 3 is 2.72 bits per heavy atom. The lowest BCUT2D eigenvalue weighted by Gasteiger charge is -2.50. The standard InChI is InChI=1S/C25H31ClF4N6O3/c1-23(2,3)20-25(29,30)15(39-21(31)37)5-8-36(20)19-14-10-32-18(26)16(28)17(14)33-22(34-19)38-12-24-6-4-7-35(24)11-13(27)9-24/h10,13,15,20H,4-9,11-12H2,1-3H3,(H2,31,37)/t13-,15?,20?,24+/m1/s1. The number of alkyl halides is 3. The number of nitrogens with zero attached hydrogens (tertiary/aromatic N) is 5. The minimum absolute atomic E-state index is 0.0213. The van der Waals surface area contributed by atoms with Crippen molar-refractivity contribution in [1.29, 1.82) is 0 Å². The normalized spacial score (nSPS) is 29.0. The average molecular weight is 575 g/mol.